The van der Waals surface area contributed by atoms with Crippen molar-refractivity contribution in [3.05, 3.63) is 0 Å². The molecule has 5 heteroatoms. The van der Waals surface area contributed by atoms with Crippen molar-refractivity contribution in [2.24, 2.45) is 23.5 Å². The summed E-state index contributed by atoms with van der Waals surface area (Å²) in [6.45, 7) is 7.45. The van der Waals surface area contributed by atoms with E-state index in [1.165, 1.54) is 0 Å². The summed E-state index contributed by atoms with van der Waals surface area (Å²) in [4.78, 5) is 22.4. The van der Waals surface area contributed by atoms with E-state index in [-0.39, 0.29) is 24.3 Å². The molecule has 0 saturated heterocycles. The van der Waals surface area contributed by atoms with Crippen LogP contribution in [0.3, 0.4) is 0 Å². The lowest BCUT2D eigenvalue weighted by Crippen LogP contribution is -2.46. The Labute approximate surface area is 96.4 Å². The molecule has 0 spiro atoms. The Kier molecular flexibility index (Phi) is 6.03. The summed E-state index contributed by atoms with van der Waals surface area (Å²) < 4.78 is 0. The van der Waals surface area contributed by atoms with Gasteiger partial charge >= 0.3 is 5.97 Å². The van der Waals surface area contributed by atoms with Gasteiger partial charge in [0.2, 0.25) is 5.91 Å². The molecule has 0 bridgehead atoms. The van der Waals surface area contributed by atoms with Crippen molar-refractivity contribution < 1.29 is 14.7 Å². The molecule has 0 aromatic rings. The maximum atomic E-state index is 11.5. The minimum absolute atomic E-state index is 0.0203. The van der Waals surface area contributed by atoms with Crippen molar-refractivity contribution in [3.63, 3.8) is 0 Å². The molecule has 0 aliphatic heterocycles. The highest BCUT2D eigenvalue weighted by Gasteiger charge is 2.24. The molecule has 0 heterocycles. The number of carboxylic acid groups (broad SMARTS) is 1. The van der Waals surface area contributed by atoms with Gasteiger partial charge in [-0.15, -0.1) is 0 Å². The quantitative estimate of drug-likeness (QED) is 0.617. The van der Waals surface area contributed by atoms with Gasteiger partial charge in [0.25, 0.3) is 0 Å². The van der Waals surface area contributed by atoms with Gasteiger partial charge in [0, 0.05) is 6.54 Å². The highest BCUT2D eigenvalue weighted by atomic mass is 16.4. The number of rotatable bonds is 6. The van der Waals surface area contributed by atoms with Crippen LogP contribution in [-0.2, 0) is 9.59 Å². The molecule has 0 aliphatic rings. The molecule has 0 radical (unpaired) electrons. The lowest BCUT2D eigenvalue weighted by atomic mass is 9.95. The largest absolute Gasteiger partial charge is 0.481 e. The predicted molar refractivity (Wildman–Crippen MR) is 61.8 cm³/mol. The second-order valence-electron chi connectivity index (χ2n) is 4.70. The van der Waals surface area contributed by atoms with E-state index in [2.05, 4.69) is 5.32 Å². The van der Waals surface area contributed by atoms with Gasteiger partial charge in [-0.05, 0) is 11.8 Å². The molecule has 1 amide bonds. The Morgan fingerprint density at radius 2 is 1.69 bits per heavy atom. The molecular weight excluding hydrogens is 208 g/mol. The molecule has 4 N–H and O–H groups in total. The molecule has 0 aliphatic carbocycles. The van der Waals surface area contributed by atoms with Crippen molar-refractivity contribution in [1.29, 1.82) is 0 Å². The summed E-state index contributed by atoms with van der Waals surface area (Å²) >= 11 is 0. The van der Waals surface area contributed by atoms with Gasteiger partial charge in [0.05, 0.1) is 12.0 Å². The Morgan fingerprint density at radius 3 is 2.00 bits per heavy atom. The maximum Gasteiger partial charge on any atom is 0.308 e. The predicted octanol–water partition coefficient (Wildman–Crippen LogP) is 0.443. The molecule has 5 nitrogen and oxygen atoms in total. The third kappa shape index (κ3) is 4.61. The standard InChI is InChI=1S/C11H22N2O3/c1-6(2)8(11(15)16)5-13-10(14)9(12)7(3)4/h6-9H,5,12H2,1-4H3,(H,13,14)(H,15,16)/t8?,9-/m1/s1. The van der Waals surface area contributed by atoms with E-state index in [9.17, 15) is 9.59 Å². The van der Waals surface area contributed by atoms with Crippen molar-refractivity contribution in [3.8, 4) is 0 Å². The van der Waals surface area contributed by atoms with Crippen LogP contribution in [0.5, 0.6) is 0 Å². The molecule has 94 valence electrons. The first-order chi connectivity index (χ1) is 7.27. The Balaban J connectivity index is 4.22. The number of nitrogens with one attached hydrogen (secondary N) is 1. The van der Waals surface area contributed by atoms with E-state index >= 15 is 0 Å². The second-order valence-corrected chi connectivity index (χ2v) is 4.70. The van der Waals surface area contributed by atoms with Gasteiger partial charge in [-0.3, -0.25) is 9.59 Å². The van der Waals surface area contributed by atoms with Crippen LogP contribution in [0.15, 0.2) is 0 Å². The van der Waals surface area contributed by atoms with E-state index in [1.807, 2.05) is 27.7 Å². The average Bonchev–Trinajstić information content (AvgIpc) is 2.15. The summed E-state index contributed by atoms with van der Waals surface area (Å²) in [6, 6.07) is -0.582. The normalized spacial score (nSPS) is 14.9. The fourth-order valence-electron chi connectivity index (χ4n) is 1.24. The van der Waals surface area contributed by atoms with Crippen molar-refractivity contribution in [2.45, 2.75) is 33.7 Å². The minimum atomic E-state index is -0.895. The summed E-state index contributed by atoms with van der Waals surface area (Å²) in [5, 5.41) is 11.5. The van der Waals surface area contributed by atoms with E-state index < -0.39 is 17.9 Å². The Bertz CT molecular complexity index is 252. The number of carbonyl (C=O) groups excluding carboxylic acids is 1. The summed E-state index contributed by atoms with van der Waals surface area (Å²) in [7, 11) is 0. The zero-order valence-electron chi connectivity index (χ0n) is 10.4. The monoisotopic (exact) mass is 230 g/mol. The third-order valence-corrected chi connectivity index (χ3v) is 2.64. The SMILES string of the molecule is CC(C)C(CNC(=O)[C@H](N)C(C)C)C(=O)O. The average molecular weight is 230 g/mol. The molecule has 16 heavy (non-hydrogen) atoms. The first-order valence-electron chi connectivity index (χ1n) is 5.53. The molecular formula is C11H22N2O3. The van der Waals surface area contributed by atoms with Crippen LogP contribution in [0.2, 0.25) is 0 Å². The summed E-state index contributed by atoms with van der Waals surface area (Å²) in [6.07, 6.45) is 0. The number of amides is 1. The van der Waals surface area contributed by atoms with Crippen molar-refractivity contribution in [1.82, 2.24) is 5.32 Å². The maximum absolute atomic E-state index is 11.5. The third-order valence-electron chi connectivity index (χ3n) is 2.64. The van der Waals surface area contributed by atoms with Crippen LogP contribution >= 0.6 is 0 Å². The van der Waals surface area contributed by atoms with Gasteiger partial charge in [0.1, 0.15) is 0 Å². The molecule has 0 aromatic carbocycles. The van der Waals surface area contributed by atoms with E-state index in [0.717, 1.165) is 0 Å². The van der Waals surface area contributed by atoms with Crippen molar-refractivity contribution in [2.75, 3.05) is 6.54 Å². The lowest BCUT2D eigenvalue weighted by Gasteiger charge is -2.20. The van der Waals surface area contributed by atoms with Crippen LogP contribution in [-0.4, -0.2) is 29.6 Å². The van der Waals surface area contributed by atoms with Crippen LogP contribution < -0.4 is 11.1 Å². The fraction of sp³-hybridized carbons (Fsp3) is 0.818. The van der Waals surface area contributed by atoms with Crippen LogP contribution in [0, 0.1) is 17.8 Å². The number of nitrogens with two attached hydrogens (primary N) is 1. The topological polar surface area (TPSA) is 92.4 Å². The smallest absolute Gasteiger partial charge is 0.308 e. The molecule has 2 atom stereocenters. The number of carboxylic acids is 1. The Hall–Kier alpha value is -1.10. The summed E-state index contributed by atoms with van der Waals surface area (Å²) in [5.74, 6) is -1.73. The lowest BCUT2D eigenvalue weighted by molar-refractivity contribution is -0.143. The van der Waals surface area contributed by atoms with Gasteiger partial charge < -0.3 is 16.2 Å². The van der Waals surface area contributed by atoms with Crippen LogP contribution in [0.1, 0.15) is 27.7 Å². The fourth-order valence-corrected chi connectivity index (χ4v) is 1.24. The van der Waals surface area contributed by atoms with Crippen LogP contribution in [0.4, 0.5) is 0 Å². The molecule has 0 rings (SSSR count). The molecule has 0 saturated carbocycles. The number of hydrogen-bond acceptors (Lipinski definition) is 3. The van der Waals surface area contributed by atoms with Gasteiger partial charge in [0.15, 0.2) is 0 Å². The van der Waals surface area contributed by atoms with Crippen LogP contribution in [0.25, 0.3) is 0 Å². The van der Waals surface area contributed by atoms with Gasteiger partial charge in [-0.2, -0.15) is 0 Å². The first kappa shape index (κ1) is 14.9. The number of hydrogen-bond donors (Lipinski definition) is 3. The van der Waals surface area contributed by atoms with Crippen molar-refractivity contribution >= 4 is 11.9 Å². The zero-order valence-corrected chi connectivity index (χ0v) is 10.4. The Morgan fingerprint density at radius 1 is 1.19 bits per heavy atom. The first-order valence-corrected chi connectivity index (χ1v) is 5.53. The highest BCUT2D eigenvalue weighted by molar-refractivity contribution is 5.82. The number of aliphatic carboxylic acids is 1. The van der Waals surface area contributed by atoms with E-state index in [4.69, 9.17) is 10.8 Å². The van der Waals surface area contributed by atoms with Gasteiger partial charge in [-0.25, -0.2) is 0 Å². The molecule has 1 unspecified atom stereocenters. The number of carbonyl (C=O) groups is 2. The summed E-state index contributed by atoms with van der Waals surface area (Å²) in [5.41, 5.74) is 5.64. The minimum Gasteiger partial charge on any atom is -0.481 e. The van der Waals surface area contributed by atoms with E-state index in [0.29, 0.717) is 0 Å². The van der Waals surface area contributed by atoms with Gasteiger partial charge in [-0.1, -0.05) is 27.7 Å². The molecule has 0 aromatic heterocycles. The zero-order chi connectivity index (χ0) is 12.9. The highest BCUT2D eigenvalue weighted by Crippen LogP contribution is 2.10. The molecule has 0 fully saturated rings. The van der Waals surface area contributed by atoms with E-state index in [1.54, 1.807) is 0 Å². The second kappa shape index (κ2) is 6.48.